The van der Waals surface area contributed by atoms with E-state index in [-0.39, 0.29) is 0 Å². The Morgan fingerprint density at radius 3 is 1.57 bits per heavy atom. The molecule has 1 aliphatic rings. The van der Waals surface area contributed by atoms with Gasteiger partial charge in [-0.15, -0.1) is 0 Å². The van der Waals surface area contributed by atoms with Crippen molar-refractivity contribution >= 4 is 43.4 Å². The van der Waals surface area contributed by atoms with E-state index in [0.717, 1.165) is 49.6 Å². The standard InChI is InChI=1S/C47H28N4/c1-2-13-29(14-3-1)45-48-46(39-26-25-38-33-18-7-6-17-32(33)36-21-12-22-37(39)44(36)38)50-47(49-45)40-27-30-15-4-5-16-31(30)28-43(40)51-41-23-10-8-19-34(41)35-20-9-11-24-42(35)51/h1-28H. The van der Waals surface area contributed by atoms with Gasteiger partial charge in [0.05, 0.1) is 16.7 Å². The van der Waals surface area contributed by atoms with Crippen LogP contribution in [0.5, 0.6) is 0 Å². The third kappa shape index (κ3) is 4.17. The Kier molecular flexibility index (Phi) is 5.92. The summed E-state index contributed by atoms with van der Waals surface area (Å²) >= 11 is 0. The summed E-state index contributed by atoms with van der Waals surface area (Å²) in [5.74, 6) is 1.93. The van der Waals surface area contributed by atoms with Gasteiger partial charge < -0.3 is 4.57 Å². The first-order valence-electron chi connectivity index (χ1n) is 17.3. The molecule has 4 heteroatoms. The maximum Gasteiger partial charge on any atom is 0.166 e. The minimum Gasteiger partial charge on any atom is -0.308 e. The number of fused-ring (bicyclic) bond motifs is 7. The van der Waals surface area contributed by atoms with Crippen LogP contribution in [0.15, 0.2) is 170 Å². The lowest BCUT2D eigenvalue weighted by atomic mass is 9.98. The lowest BCUT2D eigenvalue weighted by Crippen LogP contribution is -2.04. The summed E-state index contributed by atoms with van der Waals surface area (Å²) in [6.45, 7) is 0. The highest BCUT2D eigenvalue weighted by Gasteiger charge is 2.25. The molecule has 236 valence electrons. The molecule has 0 saturated carbocycles. The van der Waals surface area contributed by atoms with Gasteiger partial charge in [0.2, 0.25) is 0 Å². The van der Waals surface area contributed by atoms with Gasteiger partial charge in [0.25, 0.3) is 0 Å². The van der Waals surface area contributed by atoms with Gasteiger partial charge in [0.1, 0.15) is 0 Å². The summed E-state index contributed by atoms with van der Waals surface area (Å²) in [4.78, 5) is 15.8. The summed E-state index contributed by atoms with van der Waals surface area (Å²) in [6, 6.07) is 60.2. The largest absolute Gasteiger partial charge is 0.308 e. The zero-order valence-corrected chi connectivity index (χ0v) is 27.5. The highest BCUT2D eigenvalue weighted by molar-refractivity contribution is 6.18. The van der Waals surface area contributed by atoms with Crippen molar-refractivity contribution < 1.29 is 0 Å². The van der Waals surface area contributed by atoms with Crippen molar-refractivity contribution in [2.75, 3.05) is 0 Å². The molecule has 0 unspecified atom stereocenters. The Morgan fingerprint density at radius 1 is 0.333 bits per heavy atom. The number of aromatic nitrogens is 4. The van der Waals surface area contributed by atoms with Crippen LogP contribution in [0.3, 0.4) is 0 Å². The van der Waals surface area contributed by atoms with E-state index in [1.165, 1.54) is 38.4 Å². The first kappa shape index (κ1) is 28.0. The van der Waals surface area contributed by atoms with E-state index in [0.29, 0.717) is 17.5 Å². The van der Waals surface area contributed by atoms with Crippen LogP contribution in [0.25, 0.3) is 105 Å². The van der Waals surface area contributed by atoms with Gasteiger partial charge in [-0.25, -0.2) is 15.0 Å². The lowest BCUT2D eigenvalue weighted by molar-refractivity contribution is 1.07. The second-order valence-electron chi connectivity index (χ2n) is 13.2. The molecule has 8 aromatic carbocycles. The van der Waals surface area contributed by atoms with Crippen molar-refractivity contribution in [1.82, 2.24) is 19.5 Å². The van der Waals surface area contributed by atoms with Gasteiger partial charge in [-0.3, -0.25) is 0 Å². The van der Waals surface area contributed by atoms with Crippen LogP contribution >= 0.6 is 0 Å². The summed E-state index contributed by atoms with van der Waals surface area (Å²) in [5.41, 5.74) is 11.2. The summed E-state index contributed by atoms with van der Waals surface area (Å²) < 4.78 is 2.37. The van der Waals surface area contributed by atoms with Crippen LogP contribution in [0, 0.1) is 0 Å². The number of benzene rings is 8. The number of para-hydroxylation sites is 2. The monoisotopic (exact) mass is 648 g/mol. The molecule has 4 nitrogen and oxygen atoms in total. The highest BCUT2D eigenvalue weighted by Crippen LogP contribution is 2.49. The number of hydrogen-bond donors (Lipinski definition) is 0. The van der Waals surface area contributed by atoms with Crippen LogP contribution in [0.2, 0.25) is 0 Å². The average Bonchev–Trinajstić information content (AvgIpc) is 3.71. The molecule has 11 rings (SSSR count). The molecule has 0 bridgehead atoms. The van der Waals surface area contributed by atoms with Gasteiger partial charge in [-0.1, -0.05) is 140 Å². The summed E-state index contributed by atoms with van der Waals surface area (Å²) in [5, 5.41) is 7.09. The van der Waals surface area contributed by atoms with Crippen molar-refractivity contribution in [1.29, 1.82) is 0 Å². The Bertz CT molecular complexity index is 2950. The Labute approximate surface area is 294 Å². The number of hydrogen-bond acceptors (Lipinski definition) is 3. The molecule has 0 fully saturated rings. The third-order valence-electron chi connectivity index (χ3n) is 10.4. The second-order valence-corrected chi connectivity index (χ2v) is 13.2. The van der Waals surface area contributed by atoms with E-state index in [1.54, 1.807) is 0 Å². The smallest absolute Gasteiger partial charge is 0.166 e. The normalized spacial score (nSPS) is 11.9. The van der Waals surface area contributed by atoms with Gasteiger partial charge in [-0.05, 0) is 74.1 Å². The maximum absolute atomic E-state index is 5.38. The van der Waals surface area contributed by atoms with Crippen molar-refractivity contribution in [3.63, 3.8) is 0 Å². The van der Waals surface area contributed by atoms with Crippen LogP contribution in [0.1, 0.15) is 0 Å². The molecule has 0 spiro atoms. The molecule has 0 radical (unpaired) electrons. The van der Waals surface area contributed by atoms with Gasteiger partial charge in [0.15, 0.2) is 17.5 Å². The van der Waals surface area contributed by atoms with Gasteiger partial charge >= 0.3 is 0 Å². The van der Waals surface area contributed by atoms with Gasteiger partial charge in [0, 0.05) is 27.5 Å². The average molecular weight is 649 g/mol. The zero-order valence-electron chi connectivity index (χ0n) is 27.5. The van der Waals surface area contributed by atoms with E-state index in [1.807, 2.05) is 18.2 Å². The molecular weight excluding hydrogens is 621 g/mol. The van der Waals surface area contributed by atoms with Crippen molar-refractivity contribution in [2.45, 2.75) is 0 Å². The highest BCUT2D eigenvalue weighted by atomic mass is 15.1. The predicted octanol–water partition coefficient (Wildman–Crippen LogP) is 11.9. The molecule has 1 aliphatic carbocycles. The zero-order chi connectivity index (χ0) is 33.5. The molecule has 51 heavy (non-hydrogen) atoms. The van der Waals surface area contributed by atoms with E-state index in [9.17, 15) is 0 Å². The minimum absolute atomic E-state index is 0.632. The molecule has 0 aliphatic heterocycles. The lowest BCUT2D eigenvalue weighted by Gasteiger charge is -2.16. The third-order valence-corrected chi connectivity index (χ3v) is 10.4. The van der Waals surface area contributed by atoms with E-state index < -0.39 is 0 Å². The van der Waals surface area contributed by atoms with E-state index >= 15 is 0 Å². The van der Waals surface area contributed by atoms with Crippen molar-refractivity contribution in [2.24, 2.45) is 0 Å². The molecule has 0 atom stereocenters. The Hall–Kier alpha value is -6.91. The molecule has 2 aromatic heterocycles. The Balaban J connectivity index is 1.23. The maximum atomic E-state index is 5.38. The quantitative estimate of drug-likeness (QED) is 0.191. The molecular formula is C47H28N4. The molecule has 0 amide bonds. The van der Waals surface area contributed by atoms with Crippen LogP contribution < -0.4 is 0 Å². The van der Waals surface area contributed by atoms with E-state index in [2.05, 4.69) is 156 Å². The Morgan fingerprint density at radius 2 is 0.843 bits per heavy atom. The minimum atomic E-state index is 0.632. The molecule has 10 aromatic rings. The van der Waals surface area contributed by atoms with E-state index in [4.69, 9.17) is 15.0 Å². The van der Waals surface area contributed by atoms with Gasteiger partial charge in [-0.2, -0.15) is 0 Å². The fourth-order valence-electron chi connectivity index (χ4n) is 8.11. The van der Waals surface area contributed by atoms with Crippen molar-refractivity contribution in [3.8, 4) is 62.1 Å². The SMILES string of the molecule is c1ccc(-c2nc(-c3cc4ccccc4cc3-n3c4ccccc4c4ccccc43)nc(-c3ccc4c5c(cccc35)-c3ccccc3-4)n2)cc1. The molecule has 2 heterocycles. The fraction of sp³-hybridized carbons (Fsp3) is 0. The van der Waals surface area contributed by atoms with Crippen LogP contribution in [-0.2, 0) is 0 Å². The topological polar surface area (TPSA) is 43.6 Å². The first-order chi connectivity index (χ1) is 25.3. The van der Waals surface area contributed by atoms with Crippen LogP contribution in [0.4, 0.5) is 0 Å². The molecule has 0 saturated heterocycles. The number of nitrogens with zero attached hydrogens (tertiary/aromatic N) is 4. The second kappa shape index (κ2) is 10.8. The summed E-state index contributed by atoms with van der Waals surface area (Å²) in [7, 11) is 0. The molecule has 0 N–H and O–H groups in total. The van der Waals surface area contributed by atoms with Crippen molar-refractivity contribution in [3.05, 3.63) is 170 Å². The summed E-state index contributed by atoms with van der Waals surface area (Å²) in [6.07, 6.45) is 0. The first-order valence-corrected chi connectivity index (χ1v) is 17.3. The predicted molar refractivity (Wildman–Crippen MR) is 210 cm³/mol. The number of rotatable bonds is 4. The fourth-order valence-corrected chi connectivity index (χ4v) is 8.11. The van der Waals surface area contributed by atoms with Crippen LogP contribution in [-0.4, -0.2) is 19.5 Å².